The predicted molar refractivity (Wildman–Crippen MR) is 104 cm³/mol. The molecule has 3 aromatic carbocycles. The monoisotopic (exact) mass is 362 g/mol. The maximum atomic E-state index is 10.1. The largest absolute Gasteiger partial charge is 0.508 e. The average Bonchev–Trinajstić information content (AvgIpc) is 2.70. The summed E-state index contributed by atoms with van der Waals surface area (Å²) >= 11 is 0. The number of ether oxygens (including phenoxy) is 2. The van der Waals surface area contributed by atoms with Gasteiger partial charge in [-0.15, -0.1) is 0 Å². The Morgan fingerprint density at radius 2 is 1.74 bits per heavy atom. The van der Waals surface area contributed by atoms with Gasteiger partial charge in [-0.25, -0.2) is 0 Å². The molecule has 0 bridgehead atoms. The summed E-state index contributed by atoms with van der Waals surface area (Å²) in [4.78, 5) is 0. The summed E-state index contributed by atoms with van der Waals surface area (Å²) in [7, 11) is 1.65. The van der Waals surface area contributed by atoms with Gasteiger partial charge in [-0.05, 0) is 48.4 Å². The molecule has 0 radical (unpaired) electrons. The van der Waals surface area contributed by atoms with Crippen LogP contribution in [0.1, 0.15) is 34.1 Å². The zero-order chi connectivity index (χ0) is 19.0. The Hall–Kier alpha value is -3.14. The highest BCUT2D eigenvalue weighted by molar-refractivity contribution is 5.55. The van der Waals surface area contributed by atoms with Crippen molar-refractivity contribution >= 4 is 0 Å². The van der Waals surface area contributed by atoms with Crippen LogP contribution < -0.4 is 9.47 Å². The van der Waals surface area contributed by atoms with Gasteiger partial charge in [-0.1, -0.05) is 30.3 Å². The van der Waals surface area contributed by atoms with Crippen molar-refractivity contribution in [3.63, 3.8) is 0 Å². The van der Waals surface area contributed by atoms with E-state index in [9.17, 15) is 10.2 Å². The van der Waals surface area contributed by atoms with Crippen molar-refractivity contribution in [1.82, 2.24) is 0 Å². The van der Waals surface area contributed by atoms with Crippen LogP contribution in [-0.4, -0.2) is 23.9 Å². The van der Waals surface area contributed by atoms with Crippen LogP contribution >= 0.6 is 0 Å². The molecule has 1 heterocycles. The summed E-state index contributed by atoms with van der Waals surface area (Å²) in [5, 5.41) is 20.0. The minimum atomic E-state index is 0.0424. The van der Waals surface area contributed by atoms with Gasteiger partial charge in [0.15, 0.2) is 0 Å². The molecule has 4 nitrogen and oxygen atoms in total. The number of methoxy groups -OCH3 is 1. The van der Waals surface area contributed by atoms with Gasteiger partial charge in [0.25, 0.3) is 0 Å². The molecule has 2 unspecified atom stereocenters. The number of hydrogen-bond acceptors (Lipinski definition) is 4. The van der Waals surface area contributed by atoms with Gasteiger partial charge in [0.1, 0.15) is 23.0 Å². The fourth-order valence-electron chi connectivity index (χ4n) is 3.89. The number of aromatic hydroxyl groups is 2. The van der Waals surface area contributed by atoms with Crippen LogP contribution in [0.3, 0.4) is 0 Å². The molecule has 1 aliphatic heterocycles. The van der Waals surface area contributed by atoms with E-state index in [1.165, 1.54) is 0 Å². The lowest BCUT2D eigenvalue weighted by Gasteiger charge is -2.35. The van der Waals surface area contributed by atoms with Crippen molar-refractivity contribution in [2.45, 2.75) is 18.8 Å². The van der Waals surface area contributed by atoms with Gasteiger partial charge in [-0.2, -0.15) is 0 Å². The van der Waals surface area contributed by atoms with Gasteiger partial charge < -0.3 is 19.7 Å². The minimum Gasteiger partial charge on any atom is -0.508 e. The van der Waals surface area contributed by atoms with E-state index in [-0.39, 0.29) is 23.3 Å². The smallest absolute Gasteiger partial charge is 0.129 e. The fourth-order valence-corrected chi connectivity index (χ4v) is 3.89. The van der Waals surface area contributed by atoms with Crippen molar-refractivity contribution in [2.24, 2.45) is 0 Å². The van der Waals surface area contributed by atoms with Crippen molar-refractivity contribution < 1.29 is 19.7 Å². The Morgan fingerprint density at radius 3 is 2.44 bits per heavy atom. The standard InChI is InChI=1S/C23H22O4/c1-14-21(25)11-10-19-22(15-6-8-18(26-2)9-7-15)20(13-27-23(14)19)16-4-3-5-17(24)12-16/h3-12,20,22,24-25H,13H2,1-2H3. The first-order valence-electron chi connectivity index (χ1n) is 8.96. The second-order valence-electron chi connectivity index (χ2n) is 6.89. The molecule has 27 heavy (non-hydrogen) atoms. The van der Waals surface area contributed by atoms with Gasteiger partial charge in [-0.3, -0.25) is 0 Å². The summed E-state index contributed by atoms with van der Waals surface area (Å²) in [6.45, 7) is 2.34. The molecule has 3 aromatic rings. The fraction of sp³-hybridized carbons (Fsp3) is 0.217. The molecular formula is C23H22O4. The molecular weight excluding hydrogens is 340 g/mol. The Kier molecular flexibility index (Phi) is 4.40. The van der Waals surface area contributed by atoms with Crippen LogP contribution in [-0.2, 0) is 0 Å². The number of phenolic OH excluding ortho intramolecular Hbond substituents is 2. The van der Waals surface area contributed by atoms with Crippen molar-refractivity contribution in [2.75, 3.05) is 13.7 Å². The lowest BCUT2D eigenvalue weighted by atomic mass is 9.75. The Morgan fingerprint density at radius 1 is 0.963 bits per heavy atom. The Bertz CT molecular complexity index is 963. The van der Waals surface area contributed by atoms with E-state index in [1.807, 2.05) is 37.3 Å². The molecule has 0 fully saturated rings. The third kappa shape index (κ3) is 3.08. The van der Waals surface area contributed by atoms with E-state index in [0.29, 0.717) is 6.61 Å². The molecule has 4 rings (SSSR count). The highest BCUT2D eigenvalue weighted by Crippen LogP contribution is 2.49. The van der Waals surface area contributed by atoms with E-state index in [4.69, 9.17) is 9.47 Å². The topological polar surface area (TPSA) is 58.9 Å². The van der Waals surface area contributed by atoms with Gasteiger partial charge >= 0.3 is 0 Å². The second kappa shape index (κ2) is 6.88. The number of hydrogen-bond donors (Lipinski definition) is 2. The predicted octanol–water partition coefficient (Wildman–Crippen LogP) is 4.72. The molecule has 4 heteroatoms. The normalized spacial score (nSPS) is 18.4. The molecule has 0 spiro atoms. The third-order valence-electron chi connectivity index (χ3n) is 5.33. The maximum absolute atomic E-state index is 10.1. The van der Waals surface area contributed by atoms with Gasteiger partial charge in [0, 0.05) is 23.0 Å². The Labute approximate surface area is 158 Å². The summed E-state index contributed by atoms with van der Waals surface area (Å²) in [5.41, 5.74) is 3.95. The zero-order valence-electron chi connectivity index (χ0n) is 15.3. The molecule has 0 aromatic heterocycles. The average molecular weight is 362 g/mol. The summed E-state index contributed by atoms with van der Waals surface area (Å²) in [5.74, 6) is 2.11. The highest BCUT2D eigenvalue weighted by atomic mass is 16.5. The highest BCUT2D eigenvalue weighted by Gasteiger charge is 2.34. The molecule has 0 saturated heterocycles. The van der Waals surface area contributed by atoms with E-state index in [2.05, 4.69) is 12.1 Å². The van der Waals surface area contributed by atoms with Gasteiger partial charge in [0.2, 0.25) is 0 Å². The molecule has 2 N–H and O–H groups in total. The van der Waals surface area contributed by atoms with Gasteiger partial charge in [0.05, 0.1) is 13.7 Å². The first-order valence-corrected chi connectivity index (χ1v) is 8.96. The molecule has 0 aliphatic carbocycles. The number of fused-ring (bicyclic) bond motifs is 1. The summed E-state index contributed by atoms with van der Waals surface area (Å²) in [6, 6.07) is 19.0. The SMILES string of the molecule is COc1ccc(C2c3ccc(O)c(C)c3OCC2c2cccc(O)c2)cc1. The van der Waals surface area contributed by atoms with Crippen molar-refractivity contribution in [3.8, 4) is 23.0 Å². The number of benzene rings is 3. The quantitative estimate of drug-likeness (QED) is 0.708. The van der Waals surface area contributed by atoms with Crippen LogP contribution in [0.5, 0.6) is 23.0 Å². The summed E-state index contributed by atoms with van der Waals surface area (Å²) in [6.07, 6.45) is 0. The van der Waals surface area contributed by atoms with Crippen LogP contribution in [0.2, 0.25) is 0 Å². The number of phenols is 2. The molecule has 1 aliphatic rings. The lowest BCUT2D eigenvalue weighted by molar-refractivity contribution is 0.245. The second-order valence-corrected chi connectivity index (χ2v) is 6.89. The lowest BCUT2D eigenvalue weighted by Crippen LogP contribution is -2.25. The van der Waals surface area contributed by atoms with Crippen LogP contribution in [0.15, 0.2) is 60.7 Å². The maximum Gasteiger partial charge on any atom is 0.129 e. The molecule has 2 atom stereocenters. The Balaban J connectivity index is 1.87. The summed E-state index contributed by atoms with van der Waals surface area (Å²) < 4.78 is 11.4. The van der Waals surface area contributed by atoms with Crippen molar-refractivity contribution in [3.05, 3.63) is 82.9 Å². The molecule has 0 saturated carbocycles. The number of rotatable bonds is 3. The van der Waals surface area contributed by atoms with Crippen molar-refractivity contribution in [1.29, 1.82) is 0 Å². The minimum absolute atomic E-state index is 0.0424. The van der Waals surface area contributed by atoms with Crippen LogP contribution in [0.4, 0.5) is 0 Å². The zero-order valence-corrected chi connectivity index (χ0v) is 15.3. The molecule has 0 amide bonds. The first kappa shape index (κ1) is 17.3. The van der Waals surface area contributed by atoms with Crippen LogP contribution in [0, 0.1) is 6.92 Å². The van der Waals surface area contributed by atoms with E-state index < -0.39 is 0 Å². The van der Waals surface area contributed by atoms with E-state index >= 15 is 0 Å². The van der Waals surface area contributed by atoms with Crippen LogP contribution in [0.25, 0.3) is 0 Å². The first-order chi connectivity index (χ1) is 13.1. The third-order valence-corrected chi connectivity index (χ3v) is 5.33. The van der Waals surface area contributed by atoms with E-state index in [1.54, 1.807) is 25.3 Å². The molecule has 138 valence electrons. The van der Waals surface area contributed by atoms with E-state index in [0.717, 1.165) is 33.8 Å².